The number of para-hydroxylation sites is 2. The van der Waals surface area contributed by atoms with Crippen LogP contribution in [0.2, 0.25) is 0 Å². The van der Waals surface area contributed by atoms with Gasteiger partial charge in [-0.15, -0.1) is 11.8 Å². The van der Waals surface area contributed by atoms with E-state index in [0.29, 0.717) is 39.1 Å². The minimum absolute atomic E-state index is 0.0499. The molecule has 0 saturated carbocycles. The Morgan fingerprint density at radius 2 is 1.52 bits per heavy atom. The second-order valence-corrected chi connectivity index (χ2v) is 20.6. The van der Waals surface area contributed by atoms with Gasteiger partial charge in [0.15, 0.2) is 6.20 Å². The summed E-state index contributed by atoms with van der Waals surface area (Å²) < 4.78 is 21.4. The molecule has 2 atom stereocenters. The number of ether oxygens (including phenoxy) is 3. The van der Waals surface area contributed by atoms with Gasteiger partial charge in [0.2, 0.25) is 17.3 Å². The third kappa shape index (κ3) is 9.70. The summed E-state index contributed by atoms with van der Waals surface area (Å²) in [6.07, 6.45) is 15.3. The predicted octanol–water partition coefficient (Wildman–Crippen LogP) is 10.1. The topological polar surface area (TPSA) is 108 Å². The van der Waals surface area contributed by atoms with E-state index in [1.807, 2.05) is 23.5 Å². The average molecular weight is 962 g/mol. The fourth-order valence-corrected chi connectivity index (χ4v) is 13.1. The normalized spacial score (nSPS) is 18.3. The fraction of sp³-hybridized carbons (Fsp3) is 0.375. The molecule has 2 amide bonds. The summed E-state index contributed by atoms with van der Waals surface area (Å²) in [6.45, 7) is 5.35. The van der Waals surface area contributed by atoms with Gasteiger partial charge in [-0.3, -0.25) is 9.59 Å². The minimum atomic E-state index is 0.0499. The van der Waals surface area contributed by atoms with Crippen molar-refractivity contribution >= 4 is 74.4 Å². The molecule has 0 bridgehead atoms. The Morgan fingerprint density at radius 1 is 0.768 bits per heavy atom. The highest BCUT2D eigenvalue weighted by atomic mass is 32.2. The van der Waals surface area contributed by atoms with Crippen LogP contribution in [0.25, 0.3) is 22.0 Å². The van der Waals surface area contributed by atoms with E-state index in [9.17, 15) is 9.59 Å². The summed E-state index contributed by atoms with van der Waals surface area (Å²) >= 11 is 3.75. The van der Waals surface area contributed by atoms with Gasteiger partial charge >= 0.3 is 0 Å². The number of nitrogens with one attached hydrogen (secondary N) is 3. The van der Waals surface area contributed by atoms with Crippen molar-refractivity contribution in [1.29, 1.82) is 0 Å². The zero-order chi connectivity index (χ0) is 46.5. The second kappa shape index (κ2) is 21.0. The summed E-state index contributed by atoms with van der Waals surface area (Å²) in [6, 6.07) is 32.4. The van der Waals surface area contributed by atoms with Crippen LogP contribution in [0.3, 0.4) is 0 Å². The number of thioether (sulfide) groups is 2. The number of carbonyl (C=O) groups excluding carboxylic acids is 2. The Labute approximate surface area is 413 Å². The number of amides is 2. The van der Waals surface area contributed by atoms with Gasteiger partial charge in [-0.2, -0.15) is 4.57 Å². The van der Waals surface area contributed by atoms with Crippen LogP contribution in [0.1, 0.15) is 75.3 Å². The monoisotopic (exact) mass is 961 g/mol. The van der Waals surface area contributed by atoms with E-state index in [1.165, 1.54) is 70.6 Å². The summed E-state index contributed by atoms with van der Waals surface area (Å²) in [7, 11) is 0. The van der Waals surface area contributed by atoms with Gasteiger partial charge < -0.3 is 40.0 Å². The van der Waals surface area contributed by atoms with E-state index in [1.54, 1.807) is 0 Å². The molecule has 6 aliphatic heterocycles. The lowest BCUT2D eigenvalue weighted by Crippen LogP contribution is -2.38. The van der Waals surface area contributed by atoms with Crippen LogP contribution >= 0.6 is 23.5 Å². The molecule has 2 unspecified atom stereocenters. The SMILES string of the molecule is O=C(CCCCCN1C=CC2=C3CSc4ccccc4NCCC3Oc3cccc1c32)NCCOCCNC(=O)CCCCC[n+]1ccc2c3c(cccc31)OC1CCN3C(=C21)Sc1ccccc13. The Balaban J connectivity index is 0.552. The van der Waals surface area contributed by atoms with Crippen LogP contribution in [-0.2, 0) is 20.9 Å². The van der Waals surface area contributed by atoms with Crippen LogP contribution in [0.15, 0.2) is 130 Å². The third-order valence-corrected chi connectivity index (χ3v) is 16.4. The number of hydrogen-bond donors (Lipinski definition) is 3. The number of rotatable bonds is 18. The fourth-order valence-electron chi connectivity index (χ4n) is 10.7. The van der Waals surface area contributed by atoms with Crippen molar-refractivity contribution in [1.82, 2.24) is 10.6 Å². The van der Waals surface area contributed by atoms with Crippen molar-refractivity contribution in [3.8, 4) is 11.5 Å². The molecule has 6 aliphatic rings. The van der Waals surface area contributed by atoms with Crippen molar-refractivity contribution < 1.29 is 28.4 Å². The van der Waals surface area contributed by atoms with Gasteiger partial charge in [0.25, 0.3) is 0 Å². The van der Waals surface area contributed by atoms with Gasteiger partial charge in [0.05, 0.1) is 35.0 Å². The molecule has 0 saturated heterocycles. The first-order chi connectivity index (χ1) is 34.1. The summed E-state index contributed by atoms with van der Waals surface area (Å²) in [5.41, 5.74) is 11.4. The van der Waals surface area contributed by atoms with E-state index in [-0.39, 0.29) is 24.0 Å². The number of benzene rings is 4. The Hall–Kier alpha value is -5.89. The number of allylic oxidation sites excluding steroid dienone is 2. The van der Waals surface area contributed by atoms with E-state index in [2.05, 4.69) is 140 Å². The first kappa shape index (κ1) is 45.5. The highest BCUT2D eigenvalue weighted by Gasteiger charge is 2.40. The van der Waals surface area contributed by atoms with Gasteiger partial charge in [-0.25, -0.2) is 0 Å². The number of unbranched alkanes of at least 4 members (excludes halogenated alkanes) is 4. The van der Waals surface area contributed by atoms with Gasteiger partial charge in [-0.1, -0.05) is 54.6 Å². The van der Waals surface area contributed by atoms with Crippen molar-refractivity contribution in [3.63, 3.8) is 0 Å². The molecule has 13 heteroatoms. The first-order valence-corrected chi connectivity index (χ1v) is 26.8. The Morgan fingerprint density at radius 3 is 2.39 bits per heavy atom. The largest absolute Gasteiger partial charge is 0.485 e. The Bertz CT molecular complexity index is 2850. The van der Waals surface area contributed by atoms with E-state index in [4.69, 9.17) is 14.2 Å². The van der Waals surface area contributed by atoms with Crippen LogP contribution in [0.5, 0.6) is 11.5 Å². The number of aryl methyl sites for hydroxylation is 1. The third-order valence-electron chi connectivity index (χ3n) is 14.1. The molecule has 0 aliphatic carbocycles. The number of nitrogens with zero attached hydrogens (tertiary/aromatic N) is 3. The van der Waals surface area contributed by atoms with Crippen molar-refractivity contribution in [3.05, 3.63) is 131 Å². The molecule has 4 aromatic carbocycles. The maximum atomic E-state index is 12.6. The lowest BCUT2D eigenvalue weighted by molar-refractivity contribution is -0.671. The molecule has 3 N–H and O–H groups in total. The standard InChI is InChI=1S/C56H60N6O5S2/c63-51(21-3-1-9-30-60-32-24-38-40-37-68-49-19-7-5-13-41(49)57-27-23-45(40)66-46-17-11-15-43(60)53(38)46)58-28-35-65-36-29-59-52(64)22-4-2-10-31-61-33-25-39-54-44(61)16-12-18-47(54)67-48-26-34-62-42-14-6-8-20-50(42)69-56(62)55(39)48/h5-8,11-20,24-25,32-33,45,48,57H,1-4,9-10,21-23,26-31,34-37H2,(H-,58,59,63,64)/p+1. The average Bonchev–Trinajstić information content (AvgIpc) is 3.79. The minimum Gasteiger partial charge on any atom is -0.485 e. The van der Waals surface area contributed by atoms with Gasteiger partial charge in [0.1, 0.15) is 30.3 Å². The second-order valence-electron chi connectivity index (χ2n) is 18.5. The summed E-state index contributed by atoms with van der Waals surface area (Å²) in [4.78, 5) is 32.6. The molecule has 1 aromatic heterocycles. The van der Waals surface area contributed by atoms with E-state index < -0.39 is 0 Å². The summed E-state index contributed by atoms with van der Waals surface area (Å²) in [5.74, 6) is 2.94. The zero-order valence-corrected chi connectivity index (χ0v) is 40.8. The highest BCUT2D eigenvalue weighted by Crippen LogP contribution is 2.54. The smallest absolute Gasteiger partial charge is 0.220 e. The number of carbonyl (C=O) groups is 2. The molecule has 11 rings (SSSR count). The van der Waals surface area contributed by atoms with Gasteiger partial charge in [-0.05, 0) is 85.4 Å². The number of pyridine rings is 1. The number of anilines is 3. The van der Waals surface area contributed by atoms with Crippen LogP contribution < -0.4 is 39.8 Å². The predicted molar refractivity (Wildman–Crippen MR) is 278 cm³/mol. The molecule has 0 spiro atoms. The van der Waals surface area contributed by atoms with Crippen LogP contribution in [0.4, 0.5) is 17.1 Å². The lowest BCUT2D eigenvalue weighted by atomic mass is 9.89. The van der Waals surface area contributed by atoms with Crippen LogP contribution in [-0.4, -0.2) is 75.7 Å². The lowest BCUT2D eigenvalue weighted by Gasteiger charge is -2.37. The van der Waals surface area contributed by atoms with Crippen molar-refractivity contribution in [2.24, 2.45) is 0 Å². The van der Waals surface area contributed by atoms with E-state index >= 15 is 0 Å². The van der Waals surface area contributed by atoms with E-state index in [0.717, 1.165) is 94.8 Å². The Kier molecular flexibility index (Phi) is 13.9. The molecular formula is C56H61N6O5S2+. The molecule has 0 fully saturated rings. The zero-order valence-electron chi connectivity index (χ0n) is 39.2. The first-order valence-electron chi connectivity index (χ1n) is 25.0. The molecule has 5 aromatic rings. The quantitative estimate of drug-likeness (QED) is 0.0581. The summed E-state index contributed by atoms with van der Waals surface area (Å²) in [5, 5.41) is 12.1. The van der Waals surface area contributed by atoms with Crippen molar-refractivity contribution in [2.45, 2.75) is 92.8 Å². The maximum absolute atomic E-state index is 12.6. The molecule has 0 radical (unpaired) electrons. The number of aromatic nitrogens is 1. The molecule has 69 heavy (non-hydrogen) atoms. The molecular weight excluding hydrogens is 901 g/mol. The molecule has 7 heterocycles. The number of hydrogen-bond acceptors (Lipinski definition) is 10. The molecule has 356 valence electrons. The maximum Gasteiger partial charge on any atom is 0.220 e. The van der Waals surface area contributed by atoms with Gasteiger partial charge in [0, 0.05) is 121 Å². The molecule has 11 nitrogen and oxygen atoms in total. The highest BCUT2D eigenvalue weighted by molar-refractivity contribution is 8.04. The van der Waals surface area contributed by atoms with Crippen LogP contribution in [0, 0.1) is 0 Å². The van der Waals surface area contributed by atoms with Crippen molar-refractivity contribution in [2.75, 3.05) is 66.8 Å². The number of fused-ring (bicyclic) bond motifs is 7.